The fraction of sp³-hybridized carbons (Fsp3) is 0.500. The molecule has 1 aliphatic heterocycles. The van der Waals surface area contributed by atoms with Crippen molar-refractivity contribution in [3.63, 3.8) is 0 Å². The van der Waals surface area contributed by atoms with Crippen molar-refractivity contribution in [2.75, 3.05) is 0 Å². The van der Waals surface area contributed by atoms with Crippen LogP contribution in [0.5, 0.6) is 0 Å². The second kappa shape index (κ2) is 5.50. The Kier molecular flexibility index (Phi) is 4.60. The fourth-order valence-electron chi connectivity index (χ4n) is 1.33. The summed E-state index contributed by atoms with van der Waals surface area (Å²) in [5.74, 6) is -0.296. The number of halogens is 1. The van der Waals surface area contributed by atoms with Crippen molar-refractivity contribution >= 4 is 28.6 Å². The van der Waals surface area contributed by atoms with E-state index in [9.17, 15) is 9.90 Å². The maximum Gasteiger partial charge on any atom is 0.334 e. The van der Waals surface area contributed by atoms with E-state index in [-0.39, 0.29) is 12.1 Å². The average Bonchev–Trinajstić information content (AvgIpc) is 2.42. The number of carbonyl (C=O) groups excluding carboxylic acids is 1. The third-order valence-corrected chi connectivity index (χ3v) is 2.45. The predicted octanol–water partition coefficient (Wildman–Crippen LogP) is 1.95. The van der Waals surface area contributed by atoms with Gasteiger partial charge < -0.3 is 9.84 Å². The Hall–Kier alpha value is -0.360. The van der Waals surface area contributed by atoms with Gasteiger partial charge in [0.25, 0.3) is 0 Å². The van der Waals surface area contributed by atoms with Gasteiger partial charge in [0.15, 0.2) is 0 Å². The lowest BCUT2D eigenvalue weighted by atomic mass is 10.1. The minimum Gasteiger partial charge on any atom is -0.455 e. The second-order valence-electron chi connectivity index (χ2n) is 3.26. The highest BCUT2D eigenvalue weighted by atomic mass is 127. The van der Waals surface area contributed by atoms with Crippen LogP contribution < -0.4 is 0 Å². The molecule has 14 heavy (non-hydrogen) atoms. The summed E-state index contributed by atoms with van der Waals surface area (Å²) in [7, 11) is 0. The third kappa shape index (κ3) is 3.42. The summed E-state index contributed by atoms with van der Waals surface area (Å²) < 4.78 is 6.77. The molecule has 0 aromatic heterocycles. The molecule has 1 N–H and O–H groups in total. The molecular formula is C10H13IO3. The minimum absolute atomic E-state index is 0.148. The Morgan fingerprint density at radius 1 is 1.79 bits per heavy atom. The normalized spacial score (nSPS) is 23.8. The Balaban J connectivity index is 2.44. The molecule has 0 bridgehead atoms. The Morgan fingerprint density at radius 2 is 2.50 bits per heavy atom. The number of ether oxygens (including phenoxy) is 1. The van der Waals surface area contributed by atoms with E-state index in [1.54, 1.807) is 6.08 Å². The first-order valence-electron chi connectivity index (χ1n) is 4.48. The van der Waals surface area contributed by atoms with Crippen LogP contribution >= 0.6 is 22.6 Å². The van der Waals surface area contributed by atoms with Gasteiger partial charge in [-0.3, -0.25) is 0 Å². The molecule has 0 spiro atoms. The molecular weight excluding hydrogens is 295 g/mol. The predicted molar refractivity (Wildman–Crippen MR) is 62.0 cm³/mol. The molecule has 0 aromatic carbocycles. The first kappa shape index (κ1) is 11.7. The highest BCUT2D eigenvalue weighted by molar-refractivity contribution is 14.1. The summed E-state index contributed by atoms with van der Waals surface area (Å²) in [5.41, 5.74) is 0.590. The topological polar surface area (TPSA) is 46.5 Å². The fourth-order valence-corrected chi connectivity index (χ4v) is 1.62. The van der Waals surface area contributed by atoms with Crippen LogP contribution in [0.4, 0.5) is 0 Å². The monoisotopic (exact) mass is 308 g/mol. The molecule has 0 fully saturated rings. The van der Waals surface area contributed by atoms with E-state index in [4.69, 9.17) is 4.74 Å². The van der Waals surface area contributed by atoms with Crippen LogP contribution in [0.25, 0.3) is 0 Å². The lowest BCUT2D eigenvalue weighted by Gasteiger charge is -2.06. The summed E-state index contributed by atoms with van der Waals surface area (Å²) in [6.07, 6.45) is 3.94. The molecule has 0 aliphatic carbocycles. The lowest BCUT2D eigenvalue weighted by Crippen LogP contribution is -2.10. The van der Waals surface area contributed by atoms with Crippen molar-refractivity contribution in [3.05, 3.63) is 21.8 Å². The highest BCUT2D eigenvalue weighted by Crippen LogP contribution is 2.19. The Bertz CT molecular complexity index is 271. The molecule has 0 radical (unpaired) electrons. The van der Waals surface area contributed by atoms with Crippen molar-refractivity contribution in [2.24, 2.45) is 0 Å². The van der Waals surface area contributed by atoms with Gasteiger partial charge in [0, 0.05) is 12.0 Å². The van der Waals surface area contributed by atoms with E-state index in [1.165, 1.54) is 0 Å². The van der Waals surface area contributed by atoms with E-state index in [1.807, 2.05) is 17.1 Å². The maximum absolute atomic E-state index is 11.2. The first-order chi connectivity index (χ1) is 6.63. The third-order valence-electron chi connectivity index (χ3n) is 1.94. The van der Waals surface area contributed by atoms with Crippen LogP contribution in [-0.2, 0) is 9.53 Å². The van der Waals surface area contributed by atoms with Gasteiger partial charge >= 0.3 is 5.97 Å². The SMILES string of the molecule is C[C@H]1C=C(C[C@H](O)C/C=C/I)C(=O)O1. The van der Waals surface area contributed by atoms with Gasteiger partial charge in [-0.15, -0.1) is 0 Å². The molecule has 0 aromatic rings. The van der Waals surface area contributed by atoms with Crippen LogP contribution in [0.2, 0.25) is 0 Å². The number of aliphatic hydroxyl groups is 1. The highest BCUT2D eigenvalue weighted by Gasteiger charge is 2.23. The average molecular weight is 308 g/mol. The minimum atomic E-state index is -0.495. The molecule has 1 rings (SSSR count). The van der Waals surface area contributed by atoms with Gasteiger partial charge in [-0.05, 0) is 23.5 Å². The number of cyclic esters (lactones) is 1. The molecule has 78 valence electrons. The van der Waals surface area contributed by atoms with Crippen LogP contribution in [0.1, 0.15) is 19.8 Å². The van der Waals surface area contributed by atoms with Crippen molar-refractivity contribution < 1.29 is 14.6 Å². The summed E-state index contributed by atoms with van der Waals surface area (Å²) in [6, 6.07) is 0. The maximum atomic E-state index is 11.2. The molecule has 1 aliphatic rings. The quantitative estimate of drug-likeness (QED) is 0.638. The number of rotatable bonds is 4. The number of esters is 1. The van der Waals surface area contributed by atoms with Gasteiger partial charge in [-0.25, -0.2) is 4.79 Å². The van der Waals surface area contributed by atoms with Crippen LogP contribution in [0.3, 0.4) is 0 Å². The van der Waals surface area contributed by atoms with E-state index in [0.29, 0.717) is 18.4 Å². The smallest absolute Gasteiger partial charge is 0.334 e. The summed E-state index contributed by atoms with van der Waals surface area (Å²) in [6.45, 7) is 1.81. The number of hydrogen-bond donors (Lipinski definition) is 1. The Morgan fingerprint density at radius 3 is 3.00 bits per heavy atom. The molecule has 3 nitrogen and oxygen atoms in total. The molecule has 0 amide bonds. The van der Waals surface area contributed by atoms with Crippen LogP contribution in [-0.4, -0.2) is 23.3 Å². The zero-order valence-corrected chi connectivity index (χ0v) is 10.1. The first-order valence-corrected chi connectivity index (χ1v) is 5.73. The molecule has 1 heterocycles. The zero-order valence-electron chi connectivity index (χ0n) is 7.94. The van der Waals surface area contributed by atoms with Crippen molar-refractivity contribution in [1.29, 1.82) is 0 Å². The van der Waals surface area contributed by atoms with Gasteiger partial charge in [0.05, 0.1) is 6.10 Å². The van der Waals surface area contributed by atoms with E-state index in [0.717, 1.165) is 0 Å². The standard InChI is InChI=1S/C10H13IO3/c1-7-5-8(10(13)14-7)6-9(12)3-2-4-11/h2,4-5,7,9,12H,3,6H2,1H3/b4-2+/t7-,9+/m0/s1. The summed E-state index contributed by atoms with van der Waals surface area (Å²) >= 11 is 2.09. The Labute approximate surface area is 97.0 Å². The number of aliphatic hydroxyl groups excluding tert-OH is 1. The van der Waals surface area contributed by atoms with Crippen molar-refractivity contribution in [2.45, 2.75) is 32.0 Å². The van der Waals surface area contributed by atoms with E-state index >= 15 is 0 Å². The molecule has 0 saturated heterocycles. The summed E-state index contributed by atoms with van der Waals surface area (Å²) in [5, 5.41) is 9.54. The van der Waals surface area contributed by atoms with E-state index in [2.05, 4.69) is 22.6 Å². The van der Waals surface area contributed by atoms with Gasteiger partial charge in [0.2, 0.25) is 0 Å². The van der Waals surface area contributed by atoms with Gasteiger partial charge in [0.1, 0.15) is 6.10 Å². The molecule has 0 unspecified atom stereocenters. The number of hydrogen-bond acceptors (Lipinski definition) is 3. The van der Waals surface area contributed by atoms with E-state index < -0.39 is 6.10 Å². The second-order valence-corrected chi connectivity index (χ2v) is 3.98. The van der Waals surface area contributed by atoms with Crippen LogP contribution in [0, 0.1) is 0 Å². The zero-order chi connectivity index (χ0) is 10.6. The molecule has 4 heteroatoms. The largest absolute Gasteiger partial charge is 0.455 e. The van der Waals surface area contributed by atoms with Gasteiger partial charge in [-0.1, -0.05) is 28.7 Å². The summed E-state index contributed by atoms with van der Waals surface area (Å²) in [4.78, 5) is 11.2. The number of carbonyl (C=O) groups is 1. The lowest BCUT2D eigenvalue weighted by molar-refractivity contribution is -0.139. The van der Waals surface area contributed by atoms with Crippen molar-refractivity contribution in [1.82, 2.24) is 0 Å². The molecule has 0 saturated carbocycles. The van der Waals surface area contributed by atoms with Crippen molar-refractivity contribution in [3.8, 4) is 0 Å². The molecule has 2 atom stereocenters. The van der Waals surface area contributed by atoms with Gasteiger partial charge in [-0.2, -0.15) is 0 Å². The van der Waals surface area contributed by atoms with Crippen LogP contribution in [0.15, 0.2) is 21.8 Å².